The van der Waals surface area contributed by atoms with Crippen LogP contribution in [0.15, 0.2) is 29.8 Å². The third kappa shape index (κ3) is 4.39. The summed E-state index contributed by atoms with van der Waals surface area (Å²) in [7, 11) is 0. The number of carbonyl (C=O) groups excluding carboxylic acids is 2. The van der Waals surface area contributed by atoms with Crippen LogP contribution in [0.1, 0.15) is 26.0 Å². The van der Waals surface area contributed by atoms with Gasteiger partial charge in [-0.15, -0.1) is 11.3 Å². The molecule has 2 saturated heterocycles. The number of fused-ring (bicyclic) bond motifs is 1. The summed E-state index contributed by atoms with van der Waals surface area (Å²) in [5, 5.41) is 2.29. The number of carbonyl (C=O) groups is 2. The van der Waals surface area contributed by atoms with E-state index in [1.54, 1.807) is 28.6 Å². The molecule has 4 heterocycles. The Kier molecular flexibility index (Phi) is 5.80. The van der Waals surface area contributed by atoms with Gasteiger partial charge in [0, 0.05) is 62.5 Å². The molecule has 34 heavy (non-hydrogen) atoms. The molecule has 2 aromatic heterocycles. The predicted molar refractivity (Wildman–Crippen MR) is 120 cm³/mol. The van der Waals surface area contributed by atoms with Crippen LogP contribution in [0.5, 0.6) is 0 Å². The third-order valence-corrected chi connectivity index (χ3v) is 7.17. The van der Waals surface area contributed by atoms with Crippen molar-refractivity contribution in [2.45, 2.75) is 25.7 Å². The lowest BCUT2D eigenvalue weighted by Gasteiger charge is -2.48. The van der Waals surface area contributed by atoms with Gasteiger partial charge in [0.1, 0.15) is 12.4 Å². The van der Waals surface area contributed by atoms with Gasteiger partial charge in [-0.2, -0.15) is 13.2 Å². The molecule has 8 nitrogen and oxygen atoms in total. The van der Waals surface area contributed by atoms with Crippen LogP contribution in [0.3, 0.4) is 0 Å². The first-order chi connectivity index (χ1) is 16.2. The zero-order valence-corrected chi connectivity index (χ0v) is 19.3. The van der Waals surface area contributed by atoms with Gasteiger partial charge in [0.05, 0.1) is 11.0 Å². The Morgan fingerprint density at radius 2 is 1.82 bits per heavy atom. The maximum atomic E-state index is 12.9. The molecule has 5 rings (SSSR count). The maximum absolute atomic E-state index is 12.9. The second kappa shape index (κ2) is 8.66. The molecular weight excluding hydrogens is 469 g/mol. The van der Waals surface area contributed by atoms with Crippen LogP contribution in [-0.4, -0.2) is 92.5 Å². The summed E-state index contributed by atoms with van der Waals surface area (Å²) in [6.45, 7) is 4.31. The van der Waals surface area contributed by atoms with Gasteiger partial charge in [-0.1, -0.05) is 0 Å². The zero-order valence-electron chi connectivity index (χ0n) is 18.5. The number of alkyl halides is 3. The quantitative estimate of drug-likeness (QED) is 0.560. The van der Waals surface area contributed by atoms with Crippen molar-refractivity contribution in [3.05, 3.63) is 46.2 Å². The highest BCUT2D eigenvalue weighted by molar-refractivity contribution is 7.11. The van der Waals surface area contributed by atoms with E-state index < -0.39 is 12.7 Å². The molecule has 180 valence electrons. The highest BCUT2D eigenvalue weighted by atomic mass is 32.1. The Labute approximate surface area is 197 Å². The molecule has 0 atom stereocenters. The Balaban J connectivity index is 1.17. The summed E-state index contributed by atoms with van der Waals surface area (Å²) in [4.78, 5) is 39.5. The Bertz CT molecular complexity index is 1210. The number of aryl methyl sites for hydroxylation is 1. The largest absolute Gasteiger partial charge is 0.406 e. The average Bonchev–Trinajstić information content (AvgIpc) is 3.40. The molecule has 12 heteroatoms. The minimum Gasteiger partial charge on any atom is -0.335 e. The fraction of sp³-hybridized carbons (Fsp3) is 0.455. The molecule has 0 spiro atoms. The summed E-state index contributed by atoms with van der Waals surface area (Å²) in [6, 6.07) is 4.89. The number of nitrogens with zero attached hydrogens (tertiary/aromatic N) is 6. The topological polar surface area (TPSA) is 74.6 Å². The van der Waals surface area contributed by atoms with E-state index in [4.69, 9.17) is 0 Å². The first-order valence-corrected chi connectivity index (χ1v) is 11.8. The van der Waals surface area contributed by atoms with E-state index in [9.17, 15) is 22.8 Å². The van der Waals surface area contributed by atoms with Crippen molar-refractivity contribution in [2.24, 2.45) is 0 Å². The van der Waals surface area contributed by atoms with Crippen molar-refractivity contribution in [2.75, 3.05) is 39.3 Å². The predicted octanol–water partition coefficient (Wildman–Crippen LogP) is 2.65. The smallest absolute Gasteiger partial charge is 0.335 e. The number of imidazole rings is 1. The lowest BCUT2D eigenvalue weighted by Crippen LogP contribution is -2.64. The molecule has 2 aliphatic rings. The second-order valence-electron chi connectivity index (χ2n) is 8.59. The molecule has 2 fully saturated rings. The summed E-state index contributed by atoms with van der Waals surface area (Å²) in [5.41, 5.74) is 1.16. The van der Waals surface area contributed by atoms with Crippen LogP contribution in [0.4, 0.5) is 13.2 Å². The minimum atomic E-state index is -4.35. The molecule has 0 bridgehead atoms. The van der Waals surface area contributed by atoms with E-state index >= 15 is 0 Å². The average molecular weight is 493 g/mol. The molecular formula is C22H23F3N6O2S. The Hall–Kier alpha value is -2.99. The lowest BCUT2D eigenvalue weighted by molar-refractivity contribution is -0.140. The summed E-state index contributed by atoms with van der Waals surface area (Å²) >= 11 is 1.34. The molecule has 0 aliphatic carbocycles. The van der Waals surface area contributed by atoms with Crippen molar-refractivity contribution in [1.29, 1.82) is 0 Å². The number of hydrogen-bond donors (Lipinski definition) is 0. The second-order valence-corrected chi connectivity index (χ2v) is 9.49. The highest BCUT2D eigenvalue weighted by Crippen LogP contribution is 2.26. The van der Waals surface area contributed by atoms with Gasteiger partial charge < -0.3 is 14.4 Å². The number of thiazole rings is 1. The first kappa shape index (κ1) is 22.8. The van der Waals surface area contributed by atoms with Crippen LogP contribution in [0.25, 0.3) is 11.0 Å². The van der Waals surface area contributed by atoms with Gasteiger partial charge in [0.2, 0.25) is 0 Å². The van der Waals surface area contributed by atoms with Crippen LogP contribution in [0, 0.1) is 6.92 Å². The molecule has 0 unspecified atom stereocenters. The van der Waals surface area contributed by atoms with Gasteiger partial charge >= 0.3 is 6.18 Å². The van der Waals surface area contributed by atoms with Crippen LogP contribution in [-0.2, 0) is 6.54 Å². The number of halogens is 3. The monoisotopic (exact) mass is 492 g/mol. The molecule has 2 amide bonds. The van der Waals surface area contributed by atoms with Crippen molar-refractivity contribution in [3.63, 3.8) is 0 Å². The van der Waals surface area contributed by atoms with E-state index in [2.05, 4.69) is 14.9 Å². The molecule has 3 aromatic rings. The number of benzene rings is 1. The Morgan fingerprint density at radius 3 is 2.47 bits per heavy atom. The van der Waals surface area contributed by atoms with Gasteiger partial charge in [-0.3, -0.25) is 14.5 Å². The highest BCUT2D eigenvalue weighted by Gasteiger charge is 2.37. The lowest BCUT2D eigenvalue weighted by atomic mass is 10.0. The van der Waals surface area contributed by atoms with E-state index in [0.717, 1.165) is 17.7 Å². The van der Waals surface area contributed by atoms with E-state index in [1.807, 2.05) is 4.90 Å². The normalized spacial score (nSPS) is 17.9. The van der Waals surface area contributed by atoms with Crippen molar-refractivity contribution in [3.8, 4) is 0 Å². The number of likely N-dealkylation sites (tertiary alicyclic amines) is 1. The van der Waals surface area contributed by atoms with Gasteiger partial charge in [0.25, 0.3) is 11.8 Å². The van der Waals surface area contributed by atoms with Gasteiger partial charge in [-0.25, -0.2) is 9.97 Å². The number of rotatable bonds is 4. The van der Waals surface area contributed by atoms with E-state index in [0.29, 0.717) is 47.8 Å². The standard InChI is InChI=1S/C22H23F3N6O2S/c1-14-27-17-10-15(2-3-18(17)31(14)13-22(23,24)25)20(32)30-11-16(12-30)28-5-7-29(8-6-28)21(33)19-26-4-9-34-19/h2-4,9-10,16H,5-8,11-13H2,1H3. The van der Waals surface area contributed by atoms with Crippen molar-refractivity contribution >= 4 is 34.2 Å². The molecule has 0 radical (unpaired) electrons. The fourth-order valence-electron chi connectivity index (χ4n) is 4.55. The zero-order chi connectivity index (χ0) is 24.0. The van der Waals surface area contributed by atoms with Crippen LogP contribution in [0.2, 0.25) is 0 Å². The van der Waals surface area contributed by atoms with Gasteiger partial charge in [0.15, 0.2) is 5.01 Å². The number of aromatic nitrogens is 3. The molecule has 0 N–H and O–H groups in total. The SMILES string of the molecule is Cc1nc2cc(C(=O)N3CC(N4CCN(C(=O)c5nccs5)CC4)C3)ccc2n1CC(F)(F)F. The van der Waals surface area contributed by atoms with E-state index in [1.165, 1.54) is 24.3 Å². The Morgan fingerprint density at radius 1 is 1.09 bits per heavy atom. The van der Waals surface area contributed by atoms with Gasteiger partial charge in [-0.05, 0) is 25.1 Å². The number of amides is 2. The first-order valence-electron chi connectivity index (χ1n) is 11.0. The molecule has 1 aromatic carbocycles. The number of hydrogen-bond acceptors (Lipinski definition) is 6. The van der Waals surface area contributed by atoms with Crippen LogP contribution >= 0.6 is 11.3 Å². The van der Waals surface area contributed by atoms with Crippen LogP contribution < -0.4 is 0 Å². The third-order valence-electron chi connectivity index (χ3n) is 6.41. The summed E-state index contributed by atoms with van der Waals surface area (Å²) in [5.74, 6) is 0.0653. The maximum Gasteiger partial charge on any atom is 0.406 e. The summed E-state index contributed by atoms with van der Waals surface area (Å²) in [6.07, 6.45) is -2.72. The molecule has 0 saturated carbocycles. The van der Waals surface area contributed by atoms with Crippen molar-refractivity contribution in [1.82, 2.24) is 29.2 Å². The fourth-order valence-corrected chi connectivity index (χ4v) is 5.15. The number of piperazine rings is 1. The summed E-state index contributed by atoms with van der Waals surface area (Å²) < 4.78 is 39.7. The van der Waals surface area contributed by atoms with E-state index in [-0.39, 0.29) is 23.7 Å². The molecule has 2 aliphatic heterocycles. The van der Waals surface area contributed by atoms with Crippen molar-refractivity contribution < 1.29 is 22.8 Å². The minimum absolute atomic E-state index is 0.0385.